The Labute approximate surface area is 88.5 Å². The van der Waals surface area contributed by atoms with E-state index in [0.29, 0.717) is 12.3 Å². The van der Waals surface area contributed by atoms with Gasteiger partial charge in [0.25, 0.3) is 0 Å². The van der Waals surface area contributed by atoms with Crippen molar-refractivity contribution in [2.45, 2.75) is 26.3 Å². The number of aryl methyl sites for hydroxylation is 1. The van der Waals surface area contributed by atoms with E-state index in [1.165, 1.54) is 6.07 Å². The summed E-state index contributed by atoms with van der Waals surface area (Å²) < 4.78 is 5.13. The molecule has 0 aliphatic rings. The molecule has 0 saturated carbocycles. The Morgan fingerprint density at radius 3 is 2.71 bits per heavy atom. The Hall–Kier alpha value is -1.00. The molecule has 3 N–H and O–H groups in total. The van der Waals surface area contributed by atoms with E-state index in [2.05, 4.69) is 0 Å². The summed E-state index contributed by atoms with van der Waals surface area (Å²) in [6.07, 6.45) is 1.65. The van der Waals surface area contributed by atoms with Crippen LogP contribution in [-0.2, 0) is 13.0 Å². The van der Waals surface area contributed by atoms with E-state index in [-0.39, 0.29) is 18.2 Å². The first kappa shape index (κ1) is 13.0. The molecule has 1 rings (SSSR count). The van der Waals surface area contributed by atoms with Crippen molar-refractivity contribution in [2.75, 3.05) is 0 Å². The third-order valence-electron chi connectivity index (χ3n) is 1.80. The fraction of sp³-hybridized carbons (Fsp3) is 0.444. The average molecular weight is 219 g/mol. The molecule has 1 aromatic rings. The van der Waals surface area contributed by atoms with E-state index in [0.717, 1.165) is 18.4 Å². The molecule has 0 unspecified atom stereocenters. The van der Waals surface area contributed by atoms with Crippen molar-refractivity contribution in [3.63, 3.8) is 0 Å². The minimum atomic E-state index is -1.04. The van der Waals surface area contributed by atoms with Gasteiger partial charge in [-0.25, -0.2) is 4.79 Å². The van der Waals surface area contributed by atoms with E-state index < -0.39 is 5.97 Å². The van der Waals surface area contributed by atoms with Crippen LogP contribution in [0.3, 0.4) is 0 Å². The molecular formula is C9H13ClNO3-. The molecule has 0 fully saturated rings. The minimum absolute atomic E-state index is 0. The van der Waals surface area contributed by atoms with Gasteiger partial charge in [-0.3, -0.25) is 0 Å². The molecular weight excluding hydrogens is 206 g/mol. The predicted molar refractivity (Wildman–Crippen MR) is 47.6 cm³/mol. The highest BCUT2D eigenvalue weighted by Crippen LogP contribution is 2.16. The summed E-state index contributed by atoms with van der Waals surface area (Å²) >= 11 is 0. The maximum absolute atomic E-state index is 10.6. The lowest BCUT2D eigenvalue weighted by atomic mass is 10.2. The van der Waals surface area contributed by atoms with Crippen molar-refractivity contribution in [3.8, 4) is 0 Å². The van der Waals surface area contributed by atoms with Gasteiger partial charge >= 0.3 is 5.97 Å². The third-order valence-corrected chi connectivity index (χ3v) is 1.80. The number of furan rings is 1. The standard InChI is InChI=1S/C9H13NO3.ClH/c1-2-3-7-6(5-10)4-8(13-7)9(11)12;/h4H,2-3,5,10H2,1H3,(H,11,12);1H/p-1. The second-order valence-corrected chi connectivity index (χ2v) is 2.82. The van der Waals surface area contributed by atoms with Crippen LogP contribution in [0.4, 0.5) is 0 Å². The van der Waals surface area contributed by atoms with Gasteiger partial charge < -0.3 is 27.7 Å². The number of hydrogen-bond acceptors (Lipinski definition) is 3. The zero-order chi connectivity index (χ0) is 9.84. The molecule has 5 heteroatoms. The number of halogens is 1. The molecule has 14 heavy (non-hydrogen) atoms. The molecule has 0 atom stereocenters. The molecule has 0 aliphatic heterocycles. The van der Waals surface area contributed by atoms with Crippen LogP contribution in [0.2, 0.25) is 0 Å². The molecule has 0 spiro atoms. The van der Waals surface area contributed by atoms with Crippen LogP contribution in [-0.4, -0.2) is 11.1 Å². The van der Waals surface area contributed by atoms with Crippen LogP contribution >= 0.6 is 0 Å². The maximum Gasteiger partial charge on any atom is 0.371 e. The van der Waals surface area contributed by atoms with Crippen LogP contribution in [0.1, 0.15) is 35.2 Å². The highest BCUT2D eigenvalue weighted by molar-refractivity contribution is 5.84. The van der Waals surface area contributed by atoms with Gasteiger partial charge in [-0.05, 0) is 12.5 Å². The van der Waals surface area contributed by atoms with Crippen molar-refractivity contribution in [1.29, 1.82) is 0 Å². The molecule has 4 nitrogen and oxygen atoms in total. The summed E-state index contributed by atoms with van der Waals surface area (Å²) in [5.74, 6) is -0.372. The number of nitrogens with two attached hydrogens (primary N) is 1. The van der Waals surface area contributed by atoms with E-state index in [4.69, 9.17) is 15.3 Å². The van der Waals surface area contributed by atoms with Crippen molar-refractivity contribution >= 4 is 5.97 Å². The zero-order valence-electron chi connectivity index (χ0n) is 7.92. The van der Waals surface area contributed by atoms with Gasteiger partial charge in [0.1, 0.15) is 5.76 Å². The van der Waals surface area contributed by atoms with Crippen molar-refractivity contribution in [3.05, 3.63) is 23.2 Å². The highest BCUT2D eigenvalue weighted by atomic mass is 35.5. The third kappa shape index (κ3) is 2.75. The summed E-state index contributed by atoms with van der Waals surface area (Å²) in [5, 5.41) is 8.65. The SMILES string of the molecule is CCCc1oc(C(=O)O)cc1CN.[Cl-]. The number of hydrogen-bond donors (Lipinski definition) is 2. The van der Waals surface area contributed by atoms with Gasteiger partial charge in [0, 0.05) is 18.5 Å². The second kappa shape index (κ2) is 5.67. The van der Waals surface area contributed by atoms with E-state index in [1.54, 1.807) is 0 Å². The van der Waals surface area contributed by atoms with E-state index >= 15 is 0 Å². The molecule has 80 valence electrons. The van der Waals surface area contributed by atoms with Crippen molar-refractivity contribution < 1.29 is 26.7 Å². The first-order chi connectivity index (χ1) is 6.19. The van der Waals surface area contributed by atoms with E-state index in [1.807, 2.05) is 6.92 Å². The Balaban J connectivity index is 0.00000169. The summed E-state index contributed by atoms with van der Waals surface area (Å²) in [4.78, 5) is 10.6. The molecule has 0 saturated heterocycles. The number of carboxylic acid groups (broad SMARTS) is 1. The zero-order valence-corrected chi connectivity index (χ0v) is 8.67. The normalized spacial score (nSPS) is 9.57. The van der Waals surface area contributed by atoms with Gasteiger partial charge in [-0.2, -0.15) is 0 Å². The highest BCUT2D eigenvalue weighted by Gasteiger charge is 2.13. The van der Waals surface area contributed by atoms with Crippen LogP contribution in [0.15, 0.2) is 10.5 Å². The molecule has 1 aromatic heterocycles. The summed E-state index contributed by atoms with van der Waals surface area (Å²) in [7, 11) is 0. The lowest BCUT2D eigenvalue weighted by molar-refractivity contribution is -0.0000183. The van der Waals surface area contributed by atoms with Crippen LogP contribution < -0.4 is 18.1 Å². The molecule has 0 radical (unpaired) electrons. The Morgan fingerprint density at radius 1 is 1.64 bits per heavy atom. The van der Waals surface area contributed by atoms with Gasteiger partial charge in [0.05, 0.1) is 0 Å². The monoisotopic (exact) mass is 218 g/mol. The molecule has 0 amide bonds. The van der Waals surface area contributed by atoms with Gasteiger partial charge in [-0.15, -0.1) is 0 Å². The second-order valence-electron chi connectivity index (χ2n) is 2.82. The number of carbonyl (C=O) groups is 1. The molecule has 0 aliphatic carbocycles. The van der Waals surface area contributed by atoms with Crippen molar-refractivity contribution in [1.82, 2.24) is 0 Å². The number of carboxylic acids is 1. The Kier molecular flexibility index (Phi) is 5.27. The largest absolute Gasteiger partial charge is 1.00 e. The first-order valence-electron chi connectivity index (χ1n) is 4.24. The quantitative estimate of drug-likeness (QED) is 0.638. The van der Waals surface area contributed by atoms with Crippen molar-refractivity contribution in [2.24, 2.45) is 5.73 Å². The van der Waals surface area contributed by atoms with Crippen LogP contribution in [0.25, 0.3) is 0 Å². The first-order valence-corrected chi connectivity index (χ1v) is 4.24. The molecule has 0 bridgehead atoms. The summed E-state index contributed by atoms with van der Waals surface area (Å²) in [6.45, 7) is 2.33. The predicted octanol–water partition coefficient (Wildman–Crippen LogP) is -1.61. The lowest BCUT2D eigenvalue weighted by Gasteiger charge is -1.95. The number of aromatic carboxylic acids is 1. The van der Waals surface area contributed by atoms with Crippen LogP contribution in [0, 0.1) is 0 Å². The average Bonchev–Trinajstić information content (AvgIpc) is 2.48. The maximum atomic E-state index is 10.6. The lowest BCUT2D eigenvalue weighted by Crippen LogP contribution is -3.00. The Morgan fingerprint density at radius 2 is 2.29 bits per heavy atom. The van der Waals surface area contributed by atoms with Crippen LogP contribution in [0.5, 0.6) is 0 Å². The summed E-state index contributed by atoms with van der Waals surface area (Å²) in [5.41, 5.74) is 6.23. The van der Waals surface area contributed by atoms with E-state index in [9.17, 15) is 4.79 Å². The summed E-state index contributed by atoms with van der Waals surface area (Å²) in [6, 6.07) is 1.49. The van der Waals surface area contributed by atoms with Gasteiger partial charge in [-0.1, -0.05) is 6.92 Å². The number of rotatable bonds is 4. The smallest absolute Gasteiger partial charge is 0.371 e. The van der Waals surface area contributed by atoms with Gasteiger partial charge in [0.2, 0.25) is 5.76 Å². The Bertz CT molecular complexity index is 309. The minimum Gasteiger partial charge on any atom is -1.00 e. The topological polar surface area (TPSA) is 76.5 Å². The molecule has 0 aromatic carbocycles. The fourth-order valence-corrected chi connectivity index (χ4v) is 1.18. The van der Waals surface area contributed by atoms with Gasteiger partial charge in [0.15, 0.2) is 0 Å². The molecule has 1 heterocycles. The fourth-order valence-electron chi connectivity index (χ4n) is 1.18.